The number of nitrogens with zero attached hydrogens (tertiary/aromatic N) is 4. The van der Waals surface area contributed by atoms with Crippen LogP contribution in [0.2, 0.25) is 5.02 Å². The van der Waals surface area contributed by atoms with E-state index < -0.39 is 36.1 Å². The summed E-state index contributed by atoms with van der Waals surface area (Å²) in [6, 6.07) is 17.0. The first-order valence-corrected chi connectivity index (χ1v) is 13.2. The van der Waals surface area contributed by atoms with Gasteiger partial charge >= 0.3 is 18.3 Å². The summed E-state index contributed by atoms with van der Waals surface area (Å²) in [6.45, 7) is -0.197. The molecule has 0 bridgehead atoms. The Hall–Kier alpha value is -3.90. The Morgan fingerprint density at radius 1 is 0.952 bits per heavy atom. The van der Waals surface area contributed by atoms with Crippen molar-refractivity contribution in [1.29, 1.82) is 0 Å². The third-order valence-corrected chi connectivity index (χ3v) is 7.40. The first-order chi connectivity index (χ1) is 19.8. The van der Waals surface area contributed by atoms with Gasteiger partial charge in [-0.1, -0.05) is 48.0 Å². The lowest BCUT2D eigenvalue weighted by Gasteiger charge is -2.32. The van der Waals surface area contributed by atoms with Crippen molar-refractivity contribution in [2.45, 2.75) is 31.1 Å². The monoisotopic (exact) mass is 608 g/mol. The molecule has 5 rings (SSSR count). The Morgan fingerprint density at radius 2 is 1.64 bits per heavy atom. The molecule has 0 aliphatic carbocycles. The van der Waals surface area contributed by atoms with E-state index in [4.69, 9.17) is 11.6 Å². The second-order valence-electron chi connectivity index (χ2n) is 9.98. The van der Waals surface area contributed by atoms with Crippen LogP contribution in [0.25, 0.3) is 28.2 Å². The number of piperidine rings is 1. The number of aromatic carboxylic acids is 1. The van der Waals surface area contributed by atoms with Gasteiger partial charge in [0.2, 0.25) is 0 Å². The number of aromatic nitrogens is 3. The molecule has 1 fully saturated rings. The highest BCUT2D eigenvalue weighted by Gasteiger charge is 2.41. The first-order valence-electron chi connectivity index (χ1n) is 12.9. The van der Waals surface area contributed by atoms with Crippen LogP contribution in [0, 0.1) is 0 Å². The zero-order chi connectivity index (χ0) is 30.2. The molecule has 0 amide bonds. The molecule has 0 spiro atoms. The molecule has 0 atom stereocenters. The summed E-state index contributed by atoms with van der Waals surface area (Å²) in [4.78, 5) is 17.2. The van der Waals surface area contributed by atoms with Crippen LogP contribution in [-0.2, 0) is 6.18 Å². The van der Waals surface area contributed by atoms with Crippen LogP contribution in [0.3, 0.4) is 0 Å². The zero-order valence-electron chi connectivity index (χ0n) is 21.8. The number of rotatable bonds is 6. The lowest BCUT2D eigenvalue weighted by Crippen LogP contribution is -2.39. The summed E-state index contributed by atoms with van der Waals surface area (Å²) < 4.78 is 80.0. The predicted molar refractivity (Wildman–Crippen MR) is 144 cm³/mol. The van der Waals surface area contributed by atoms with Crippen molar-refractivity contribution in [2.24, 2.45) is 0 Å². The Morgan fingerprint density at radius 3 is 2.26 bits per heavy atom. The third kappa shape index (κ3) is 6.44. The van der Waals surface area contributed by atoms with Crippen LogP contribution in [0.4, 0.5) is 26.3 Å². The minimum absolute atomic E-state index is 0.124. The van der Waals surface area contributed by atoms with E-state index in [9.17, 15) is 36.2 Å². The van der Waals surface area contributed by atoms with E-state index >= 15 is 0 Å². The molecule has 1 aliphatic rings. The van der Waals surface area contributed by atoms with Crippen LogP contribution >= 0.6 is 11.6 Å². The van der Waals surface area contributed by atoms with Gasteiger partial charge in [0, 0.05) is 10.6 Å². The van der Waals surface area contributed by atoms with E-state index in [0.29, 0.717) is 53.0 Å². The number of carbonyl (C=O) groups is 1. The van der Waals surface area contributed by atoms with E-state index in [1.807, 2.05) is 24.3 Å². The summed E-state index contributed by atoms with van der Waals surface area (Å²) in [6.07, 6.45) is -7.38. The van der Waals surface area contributed by atoms with Crippen LogP contribution < -0.4 is 0 Å². The van der Waals surface area contributed by atoms with E-state index in [1.165, 1.54) is 17.0 Å². The van der Waals surface area contributed by atoms with Crippen LogP contribution in [0.15, 0.2) is 66.9 Å². The number of carboxylic acids is 1. The molecule has 220 valence electrons. The number of hydrogen-bond donors (Lipinski definition) is 1. The molecule has 1 N–H and O–H groups in total. The topological polar surface area (TPSA) is 71.2 Å². The minimum atomic E-state index is -5.00. The average Bonchev–Trinajstić information content (AvgIpc) is 3.40. The van der Waals surface area contributed by atoms with E-state index in [2.05, 4.69) is 10.1 Å². The second-order valence-corrected chi connectivity index (χ2v) is 10.4. The lowest BCUT2D eigenvalue weighted by molar-refractivity contribution is -0.148. The molecule has 4 aromatic rings. The lowest BCUT2D eigenvalue weighted by atomic mass is 9.88. The van der Waals surface area contributed by atoms with Crippen LogP contribution in [0.1, 0.15) is 40.4 Å². The SMILES string of the molecule is O=C(O)c1cnn(-c2cccc(-c3cc(Cl)ccc3-c3ccc(C4CCN(CC(F)(F)F)CC4)cc3)n2)c1C(F)(F)F. The Balaban J connectivity index is 1.44. The fraction of sp³-hybridized carbons (Fsp3) is 0.276. The smallest absolute Gasteiger partial charge is 0.434 e. The molecule has 0 saturated carbocycles. The number of halogens is 7. The van der Waals surface area contributed by atoms with Crippen molar-refractivity contribution in [2.75, 3.05) is 19.6 Å². The van der Waals surface area contributed by atoms with Gasteiger partial charge in [-0.2, -0.15) is 31.4 Å². The highest BCUT2D eigenvalue weighted by Crippen LogP contribution is 2.37. The molecule has 13 heteroatoms. The standard InChI is InChI=1S/C29H23ClF6N4O2/c30-20-8-9-21(19-6-4-17(5-7-19)18-10-12-39(13-11-18)16-28(31,32)33)22(14-20)24-2-1-3-25(38-24)40-26(29(34,35)36)23(15-37-40)27(41)42/h1-9,14-15,18H,10-13,16H2,(H,41,42). The second kappa shape index (κ2) is 11.4. The fourth-order valence-electron chi connectivity index (χ4n) is 5.24. The molecule has 3 heterocycles. The van der Waals surface area contributed by atoms with E-state index in [-0.39, 0.29) is 17.4 Å². The predicted octanol–water partition coefficient (Wildman–Crippen LogP) is 7.71. The highest BCUT2D eigenvalue weighted by atomic mass is 35.5. The van der Waals surface area contributed by atoms with Crippen LogP contribution in [-0.4, -0.2) is 56.6 Å². The number of hydrogen-bond acceptors (Lipinski definition) is 4. The Bertz CT molecular complexity index is 1590. The summed E-state index contributed by atoms with van der Waals surface area (Å²) in [5.41, 5.74) is 0.834. The molecule has 42 heavy (non-hydrogen) atoms. The molecule has 1 aliphatic heterocycles. The van der Waals surface area contributed by atoms with Gasteiger partial charge in [-0.25, -0.2) is 14.5 Å². The van der Waals surface area contributed by atoms with Gasteiger partial charge in [0.1, 0.15) is 5.56 Å². The van der Waals surface area contributed by atoms with Gasteiger partial charge in [-0.15, -0.1) is 0 Å². The zero-order valence-corrected chi connectivity index (χ0v) is 22.5. The van der Waals surface area contributed by atoms with Gasteiger partial charge in [-0.3, -0.25) is 4.90 Å². The molecule has 2 aromatic carbocycles. The molecular weight excluding hydrogens is 586 g/mol. The summed E-state index contributed by atoms with van der Waals surface area (Å²) in [7, 11) is 0. The maximum Gasteiger partial charge on any atom is 0.434 e. The minimum Gasteiger partial charge on any atom is -0.478 e. The van der Waals surface area contributed by atoms with Gasteiger partial charge in [0.05, 0.1) is 18.4 Å². The molecular formula is C29H23ClF6N4O2. The molecule has 2 aromatic heterocycles. The van der Waals surface area contributed by atoms with Crippen LogP contribution in [0.5, 0.6) is 0 Å². The van der Waals surface area contributed by atoms with Crippen molar-refractivity contribution in [3.05, 3.63) is 88.7 Å². The Kier molecular flexibility index (Phi) is 8.04. The Labute approximate surface area is 241 Å². The maximum atomic E-state index is 13.8. The fourth-order valence-corrected chi connectivity index (χ4v) is 5.41. The normalized spacial score (nSPS) is 15.2. The molecule has 0 unspecified atom stereocenters. The third-order valence-electron chi connectivity index (χ3n) is 7.16. The van der Waals surface area contributed by atoms with E-state index in [0.717, 1.165) is 11.1 Å². The maximum absolute atomic E-state index is 13.8. The van der Waals surface area contributed by atoms with Gasteiger partial charge in [0.15, 0.2) is 11.5 Å². The molecule has 6 nitrogen and oxygen atoms in total. The first kappa shape index (κ1) is 29.6. The largest absolute Gasteiger partial charge is 0.478 e. The summed E-state index contributed by atoms with van der Waals surface area (Å²) >= 11 is 6.28. The van der Waals surface area contributed by atoms with Crippen molar-refractivity contribution in [3.63, 3.8) is 0 Å². The summed E-state index contributed by atoms with van der Waals surface area (Å²) in [5.74, 6) is -1.87. The van der Waals surface area contributed by atoms with Crippen molar-refractivity contribution < 1.29 is 36.2 Å². The number of pyridine rings is 1. The molecule has 1 saturated heterocycles. The number of likely N-dealkylation sites (tertiary alicyclic amines) is 1. The van der Waals surface area contributed by atoms with Gasteiger partial charge in [0.25, 0.3) is 0 Å². The van der Waals surface area contributed by atoms with E-state index in [1.54, 1.807) is 24.3 Å². The quantitative estimate of drug-likeness (QED) is 0.227. The highest BCUT2D eigenvalue weighted by molar-refractivity contribution is 6.31. The van der Waals surface area contributed by atoms with Crippen molar-refractivity contribution in [1.82, 2.24) is 19.7 Å². The summed E-state index contributed by atoms with van der Waals surface area (Å²) in [5, 5.41) is 13.3. The molecule has 0 radical (unpaired) electrons. The van der Waals surface area contributed by atoms with Gasteiger partial charge in [-0.05, 0) is 72.8 Å². The number of alkyl halides is 6. The van der Waals surface area contributed by atoms with Crippen molar-refractivity contribution in [3.8, 4) is 28.2 Å². The average molecular weight is 609 g/mol. The van der Waals surface area contributed by atoms with Crippen molar-refractivity contribution >= 4 is 17.6 Å². The number of benzene rings is 2. The van der Waals surface area contributed by atoms with Gasteiger partial charge < -0.3 is 5.11 Å². The number of carboxylic acid groups (broad SMARTS) is 1.